The van der Waals surface area contributed by atoms with E-state index in [1.165, 1.54) is 54.4 Å². The third kappa shape index (κ3) is 35.1. The van der Waals surface area contributed by atoms with Crippen LogP contribution in [0.3, 0.4) is 0 Å². The molecule has 17 rings (SSSR count). The van der Waals surface area contributed by atoms with E-state index in [-0.39, 0.29) is 84.6 Å². The lowest BCUT2D eigenvalue weighted by atomic mass is 10.1. The summed E-state index contributed by atoms with van der Waals surface area (Å²) in [5, 5.41) is 62.5. The molecule has 5 fully saturated rings. The number of alkyl halides is 1. The Morgan fingerprint density at radius 2 is 0.624 bits per heavy atom. The number of imide groups is 2. The zero-order valence-electron chi connectivity index (χ0n) is 81.4. The predicted octanol–water partition coefficient (Wildman–Crippen LogP) is 22.6. The number of carboxylic acid groups (broad SMARTS) is 1. The van der Waals surface area contributed by atoms with E-state index in [1.54, 1.807) is 66.7 Å². The van der Waals surface area contributed by atoms with Gasteiger partial charge in [0.25, 0.3) is 35.4 Å². The van der Waals surface area contributed by atoms with Gasteiger partial charge in [0, 0.05) is 211 Å². The van der Waals surface area contributed by atoms with Crippen LogP contribution < -0.4 is 55.7 Å². The minimum absolute atomic E-state index is 0.0281. The molecule has 45 heteroatoms. The fourth-order valence-corrected chi connectivity index (χ4v) is 19.9. The molecule has 7 heterocycles. The molecular weight excluding hydrogens is 2480 g/mol. The maximum absolute atomic E-state index is 12.4. The molecule has 0 saturated carbocycles. The van der Waals surface area contributed by atoms with E-state index in [2.05, 4.69) is 113 Å². The molecule has 0 radical (unpaired) electrons. The maximum atomic E-state index is 12.4. The molecule has 7 aliphatic heterocycles. The fraction of sp³-hybridized carbons (Fsp3) is 0.356. The Bertz CT molecular complexity index is 6100. The van der Waals surface area contributed by atoms with Crippen LogP contribution in [0, 0.1) is 0 Å². The lowest BCUT2D eigenvalue weighted by molar-refractivity contribution is 0.0635. The number of hydrogen-bond acceptors (Lipinski definition) is 24. The summed E-state index contributed by atoms with van der Waals surface area (Å²) in [6.07, 6.45) is 4.24. The van der Waals surface area contributed by atoms with Gasteiger partial charge in [0.15, 0.2) is 34.5 Å². The summed E-state index contributed by atoms with van der Waals surface area (Å²) in [6, 6.07) is 50.4. The second-order valence-electron chi connectivity index (χ2n) is 34.4. The Balaban J connectivity index is 0.000000181. The number of nitrogens with zero attached hydrogens (tertiary/aromatic N) is 11. The van der Waals surface area contributed by atoms with Gasteiger partial charge in [0.05, 0.1) is 136 Å². The molecule has 0 aliphatic carbocycles. The molecule has 0 atom stereocenters. The summed E-state index contributed by atoms with van der Waals surface area (Å²) in [5.41, 5.74) is 13.1. The fourth-order valence-electron chi connectivity index (χ4n) is 17.0. The van der Waals surface area contributed by atoms with Crippen LogP contribution in [0.25, 0.3) is 0 Å². The zero-order chi connectivity index (χ0) is 108. The van der Waals surface area contributed by atoms with E-state index in [4.69, 9.17) is 171 Å². The molecule has 0 unspecified atom stereocenters. The molecule has 0 spiro atoms. The van der Waals surface area contributed by atoms with E-state index in [0.29, 0.717) is 104 Å². The Hall–Kier alpha value is -7.84. The number of benzene rings is 10. The van der Waals surface area contributed by atoms with Gasteiger partial charge < -0.3 is 81.2 Å². The highest BCUT2D eigenvalue weighted by Crippen LogP contribution is 2.42. The second-order valence-corrected chi connectivity index (χ2v) is 40.4. The molecule has 149 heavy (non-hydrogen) atoms. The van der Waals surface area contributed by atoms with Crippen LogP contribution in [0.5, 0.6) is 34.5 Å². The highest BCUT2D eigenvalue weighted by Gasteiger charge is 2.37. The van der Waals surface area contributed by atoms with Gasteiger partial charge in [-0.3, -0.25) is 58.2 Å². The number of nitrogens with two attached hydrogens (primary N) is 1. The van der Waals surface area contributed by atoms with Crippen LogP contribution >= 0.6 is 204 Å². The zero-order valence-corrected chi connectivity index (χ0v) is 97.2. The summed E-state index contributed by atoms with van der Waals surface area (Å²) < 4.78 is 9.75. The summed E-state index contributed by atoms with van der Waals surface area (Å²) in [4.78, 5) is 107. The summed E-state index contributed by atoms with van der Waals surface area (Å²) in [5.74, 6) is -3.48. The van der Waals surface area contributed by atoms with Crippen molar-refractivity contribution in [1.82, 2.24) is 45.3 Å². The number of phenolic OH excluding ortho intramolecular Hbond substituents is 4. The van der Waals surface area contributed by atoms with Gasteiger partial charge in [-0.25, -0.2) is 4.79 Å². The number of aromatic hydroxyl groups is 4. The molecule has 802 valence electrons. The molecule has 10 aromatic rings. The van der Waals surface area contributed by atoms with Crippen molar-refractivity contribution in [1.29, 1.82) is 0 Å². The van der Waals surface area contributed by atoms with E-state index < -0.39 is 17.5 Å². The van der Waals surface area contributed by atoms with Gasteiger partial charge in [-0.15, -0.1) is 0 Å². The van der Waals surface area contributed by atoms with Crippen LogP contribution in [-0.2, 0) is 0 Å². The molecule has 0 aromatic heterocycles. The molecule has 6 amide bonds. The van der Waals surface area contributed by atoms with Crippen molar-refractivity contribution < 1.29 is 68.6 Å². The number of phenols is 4. The maximum Gasteiger partial charge on any atom is 0.335 e. The molecule has 7 aliphatic rings. The third-order valence-electron chi connectivity index (χ3n) is 25.0. The van der Waals surface area contributed by atoms with E-state index in [1.807, 2.05) is 72.8 Å². The van der Waals surface area contributed by atoms with Crippen molar-refractivity contribution in [2.24, 2.45) is 5.73 Å². The molecular formula is C104H115BrCl13I2N15O14. The quantitative estimate of drug-likeness (QED) is 0.00723. The van der Waals surface area contributed by atoms with Gasteiger partial charge >= 0.3 is 5.97 Å². The largest absolute Gasteiger partial charge is 0.504 e. The van der Waals surface area contributed by atoms with E-state index >= 15 is 0 Å². The first-order valence-corrected chi connectivity index (χ1v) is 60.0. The van der Waals surface area contributed by atoms with Crippen molar-refractivity contribution >= 4 is 274 Å². The normalized spacial score (nSPS) is 15.1. The lowest BCUT2D eigenvalue weighted by Gasteiger charge is -2.36. The topological polar surface area (TPSA) is 337 Å². The van der Waals surface area contributed by atoms with Crippen molar-refractivity contribution in [2.45, 2.75) is 32.1 Å². The SMILES string of the molecule is COc1cc(C(=O)NCCCN2CCN(c3cccc(Cl)c3Cl)CC2)cc(Cl)c1O.COc1cc(C(=O)O)cc(Cl)c1O.Clc1cccc(N2CCNCC2)c1Cl.II.NCCCN1CCN(c2cccc(Cl)c2Cl)CC1.O=C(NCCCN1CCN(c2cccc(Cl)c2Cl)CC1)c1cc(O)c(O)c(Cl)c1.O=C1c2ccccc2C(=O)N1CCCBr.O=C1c2ccccc2C(=O)N1CCCN1CCN(c2cccc(Cl)c2Cl)CC1. The molecule has 5 saturated heterocycles. The van der Waals surface area contributed by atoms with E-state index in [9.17, 15) is 54.0 Å². The number of halogens is 16. The predicted molar refractivity (Wildman–Crippen MR) is 625 cm³/mol. The highest BCUT2D eigenvalue weighted by atomic mass is 128. The Labute approximate surface area is 964 Å². The molecule has 10 aromatic carbocycles. The Kier molecular flexibility index (Phi) is 51.7. The van der Waals surface area contributed by atoms with Crippen LogP contribution in [-0.4, -0.2) is 306 Å². The van der Waals surface area contributed by atoms with Gasteiger partial charge in [-0.05, 0) is 186 Å². The number of hydrogen-bond donors (Lipinski definition) is 9. The first-order chi connectivity index (χ1) is 71.6. The van der Waals surface area contributed by atoms with Gasteiger partial charge in [-0.1, -0.05) is 221 Å². The average molecular weight is 2590 g/mol. The Morgan fingerprint density at radius 3 is 0.919 bits per heavy atom. The van der Waals surface area contributed by atoms with E-state index in [0.717, 1.165) is 236 Å². The number of fused-ring (bicyclic) bond motifs is 2. The summed E-state index contributed by atoms with van der Waals surface area (Å²) >= 11 is 86.5. The molecule has 0 bridgehead atoms. The number of carbonyl (C=O) groups excluding carboxylic acids is 6. The van der Waals surface area contributed by atoms with Crippen LogP contribution in [0.4, 0.5) is 28.4 Å². The number of carbonyl (C=O) groups is 7. The summed E-state index contributed by atoms with van der Waals surface area (Å²) in [6.45, 7) is 25.2. The number of rotatable bonds is 28. The van der Waals surface area contributed by atoms with Crippen LogP contribution in [0.2, 0.25) is 65.3 Å². The monoisotopic (exact) mass is 2590 g/mol. The second kappa shape index (κ2) is 62.6. The number of carboxylic acids is 1. The highest BCUT2D eigenvalue weighted by molar-refractivity contribution is 15.0. The Morgan fingerprint density at radius 1 is 0.349 bits per heavy atom. The minimum atomic E-state index is -1.12. The smallest absolute Gasteiger partial charge is 0.335 e. The lowest BCUT2D eigenvalue weighted by Crippen LogP contribution is -2.47. The number of piperazine rings is 5. The summed E-state index contributed by atoms with van der Waals surface area (Å²) in [7, 11) is 2.73. The number of nitrogens with one attached hydrogen (secondary N) is 3. The van der Waals surface area contributed by atoms with Gasteiger partial charge in [0.2, 0.25) is 0 Å². The van der Waals surface area contributed by atoms with Gasteiger partial charge in [-0.2, -0.15) is 0 Å². The standard InChI is InChI=1S/C21H24Cl3N3O3.C21H21Cl2N3O2.C20H22Cl3N3O3.C13H19Cl2N3.C11H10BrNO2.C10H12Cl2N2.C8H7ClO4.I2/c1-30-18-13-14(12-16(23)20(18)28)21(29)25-6-3-7-26-8-10-27(11-9-26)17-5-2-4-15(22)19(17)24;22-17-7-3-8-18(19(17)23)25-13-11-24(12-14-25)9-4-10-26-20(27)15-5-1-2-6-16(15)21(26)28;21-14-3-1-4-16(18(14)23)26-9-7-25(8-10-26)6-2-5-24-20(29)13-11-15(22)19(28)17(27)12-13;14-11-3-1-4-12(13(11)15)18-9-7-17(8-10-18)6-2-5-16;12-6-3-7-13-10(14)8-4-1-2-5-9(8)11(13)15;11-8-2-1-3-9(10(8)12)14-6-4-13-5-7-14;1-13-6-3-4(8(11)12)2-5(9)7(6)10;1-2/h2,4-5,12-13,28H,3,6-11H2,1H3,(H,25,29);1-3,5-8H,4,9-14H2;1,3-4,11-12,27-28H,2,5-10H2,(H,24,29);1,3-4H,2,5-10,16H2;1-2,4-5H,3,6-7H2;1-3,13H,4-7H2;2-3,10H,1H3,(H,11,12);. The number of aromatic carboxylic acids is 1. The van der Waals surface area contributed by atoms with Crippen molar-refractivity contribution in [2.75, 3.05) is 234 Å². The number of amides is 6. The number of ether oxygens (including phenoxy) is 2. The number of anilines is 5. The molecule has 10 N–H and O–H groups in total. The first-order valence-electron chi connectivity index (χ1n) is 47.7. The number of methoxy groups -OCH3 is 2. The first kappa shape index (κ1) is 123. The molecule has 29 nitrogen and oxygen atoms in total. The van der Waals surface area contributed by atoms with Crippen molar-refractivity contribution in [3.05, 3.63) is 280 Å². The average Bonchev–Trinajstić information content (AvgIpc) is 1.64. The minimum Gasteiger partial charge on any atom is -0.504 e. The van der Waals surface area contributed by atoms with Gasteiger partial charge in [0.1, 0.15) is 0 Å². The third-order valence-corrected chi connectivity index (χ3v) is 30.4. The van der Waals surface area contributed by atoms with Crippen molar-refractivity contribution in [3.8, 4) is 34.5 Å². The van der Waals surface area contributed by atoms with Crippen LogP contribution in [0.15, 0.2) is 176 Å². The van der Waals surface area contributed by atoms with Crippen molar-refractivity contribution in [3.63, 3.8) is 0 Å². The van der Waals surface area contributed by atoms with Crippen LogP contribution in [0.1, 0.15) is 105 Å².